The highest BCUT2D eigenvalue weighted by atomic mass is 32.1. The molecular formula is C26H30N2O4S. The predicted octanol–water partition coefficient (Wildman–Crippen LogP) is 4.63. The summed E-state index contributed by atoms with van der Waals surface area (Å²) in [5.41, 5.74) is 3.31. The number of ether oxygens (including phenoxy) is 3. The number of anilines is 1. The fraction of sp³-hybridized carbons (Fsp3) is 0.346. The number of hydrogen-bond acceptors (Lipinski definition) is 6. The molecule has 3 aromatic rings. The Balaban J connectivity index is 1.45. The van der Waals surface area contributed by atoms with Gasteiger partial charge in [-0.15, -0.1) is 11.3 Å². The molecule has 7 heteroatoms. The number of thiophene rings is 1. The second-order valence-electron chi connectivity index (χ2n) is 7.72. The number of rotatable bonds is 9. The summed E-state index contributed by atoms with van der Waals surface area (Å²) in [5.74, 6) is 1.40. The van der Waals surface area contributed by atoms with Crippen LogP contribution < -0.4 is 19.7 Å². The van der Waals surface area contributed by atoms with Gasteiger partial charge in [0.2, 0.25) is 0 Å². The lowest BCUT2D eigenvalue weighted by molar-refractivity contribution is 0.0958. The lowest BCUT2D eigenvalue weighted by atomic mass is 10.1. The predicted molar refractivity (Wildman–Crippen MR) is 133 cm³/mol. The largest absolute Gasteiger partial charge is 0.493 e. The maximum absolute atomic E-state index is 13.0. The van der Waals surface area contributed by atoms with Crippen molar-refractivity contribution < 1.29 is 19.0 Å². The fourth-order valence-corrected chi connectivity index (χ4v) is 5.02. The van der Waals surface area contributed by atoms with Gasteiger partial charge in [0.25, 0.3) is 5.91 Å². The van der Waals surface area contributed by atoms with Crippen LogP contribution in [0.4, 0.5) is 5.00 Å². The molecule has 0 radical (unpaired) electrons. The molecule has 0 unspecified atom stereocenters. The molecular weight excluding hydrogens is 436 g/mol. The van der Waals surface area contributed by atoms with Crippen LogP contribution in [0.15, 0.2) is 54.6 Å². The van der Waals surface area contributed by atoms with Crippen LogP contribution in [0.1, 0.15) is 22.2 Å². The first-order chi connectivity index (χ1) is 16.2. The number of nitrogens with one attached hydrogen (secondary N) is 1. The fourth-order valence-electron chi connectivity index (χ4n) is 3.87. The monoisotopic (exact) mass is 466 g/mol. The van der Waals surface area contributed by atoms with E-state index in [2.05, 4.69) is 22.3 Å². The molecule has 33 heavy (non-hydrogen) atoms. The normalized spacial score (nSPS) is 13.6. The molecule has 1 fully saturated rings. The molecule has 1 saturated heterocycles. The van der Waals surface area contributed by atoms with Crippen LogP contribution in [-0.2, 0) is 11.2 Å². The molecule has 1 aromatic heterocycles. The summed E-state index contributed by atoms with van der Waals surface area (Å²) in [4.78, 5) is 16.0. The van der Waals surface area contributed by atoms with Crippen molar-refractivity contribution in [2.75, 3.05) is 51.5 Å². The minimum Gasteiger partial charge on any atom is -0.493 e. The smallest absolute Gasteiger partial charge is 0.261 e. The van der Waals surface area contributed by atoms with Crippen LogP contribution in [0.5, 0.6) is 11.5 Å². The second kappa shape index (κ2) is 11.2. The number of methoxy groups -OCH3 is 1. The molecule has 0 atom stereocenters. The van der Waals surface area contributed by atoms with Crippen molar-refractivity contribution in [3.8, 4) is 22.6 Å². The summed E-state index contributed by atoms with van der Waals surface area (Å²) in [6.45, 7) is 6.16. The van der Waals surface area contributed by atoms with E-state index in [0.29, 0.717) is 38.5 Å². The highest BCUT2D eigenvalue weighted by Crippen LogP contribution is 2.39. The first-order valence-corrected chi connectivity index (χ1v) is 12.1. The van der Waals surface area contributed by atoms with E-state index in [1.807, 2.05) is 49.4 Å². The molecule has 1 aliphatic heterocycles. The van der Waals surface area contributed by atoms with Crippen LogP contribution in [0.2, 0.25) is 0 Å². The Hall–Kier alpha value is -3.03. The van der Waals surface area contributed by atoms with Crippen molar-refractivity contribution in [2.45, 2.75) is 13.3 Å². The lowest BCUT2D eigenvalue weighted by Gasteiger charge is -2.28. The van der Waals surface area contributed by atoms with Gasteiger partial charge in [0.15, 0.2) is 11.5 Å². The van der Waals surface area contributed by atoms with Crippen LogP contribution in [0.25, 0.3) is 11.1 Å². The average Bonchev–Trinajstić information content (AvgIpc) is 3.32. The Morgan fingerprint density at radius 2 is 1.88 bits per heavy atom. The zero-order chi connectivity index (χ0) is 23.0. The van der Waals surface area contributed by atoms with Gasteiger partial charge in [-0.3, -0.25) is 4.79 Å². The van der Waals surface area contributed by atoms with Crippen molar-refractivity contribution in [1.82, 2.24) is 5.32 Å². The van der Waals surface area contributed by atoms with Crippen LogP contribution in [-0.4, -0.2) is 52.5 Å². The first-order valence-electron chi connectivity index (χ1n) is 11.3. The van der Waals surface area contributed by atoms with E-state index in [9.17, 15) is 4.79 Å². The number of amides is 1. The van der Waals surface area contributed by atoms with E-state index in [1.165, 1.54) is 0 Å². The van der Waals surface area contributed by atoms with Gasteiger partial charge in [0, 0.05) is 25.2 Å². The Kier molecular flexibility index (Phi) is 7.86. The van der Waals surface area contributed by atoms with E-state index in [0.717, 1.165) is 45.4 Å². The van der Waals surface area contributed by atoms with Gasteiger partial charge in [-0.2, -0.15) is 0 Å². The quantitative estimate of drug-likeness (QED) is 0.498. The number of morpholine rings is 1. The molecule has 2 aromatic carbocycles. The Bertz CT molecular complexity index is 1060. The number of carbonyl (C=O) groups is 1. The zero-order valence-corrected chi connectivity index (χ0v) is 20.0. The van der Waals surface area contributed by atoms with E-state index < -0.39 is 0 Å². The van der Waals surface area contributed by atoms with Crippen LogP contribution in [0.3, 0.4) is 0 Å². The third kappa shape index (κ3) is 5.67. The van der Waals surface area contributed by atoms with Gasteiger partial charge in [-0.05, 0) is 42.7 Å². The van der Waals surface area contributed by atoms with Crippen LogP contribution >= 0.6 is 11.3 Å². The van der Waals surface area contributed by atoms with Gasteiger partial charge in [-0.25, -0.2) is 0 Å². The van der Waals surface area contributed by atoms with Gasteiger partial charge in [0.05, 0.1) is 36.8 Å². The summed E-state index contributed by atoms with van der Waals surface area (Å²) in [6.07, 6.45) is 0.710. The van der Waals surface area contributed by atoms with Crippen molar-refractivity contribution in [3.05, 3.63) is 65.0 Å². The van der Waals surface area contributed by atoms with Gasteiger partial charge in [-0.1, -0.05) is 36.4 Å². The highest BCUT2D eigenvalue weighted by molar-refractivity contribution is 7.18. The van der Waals surface area contributed by atoms with Crippen molar-refractivity contribution >= 4 is 22.2 Å². The summed E-state index contributed by atoms with van der Waals surface area (Å²) in [6, 6.07) is 18.1. The minimum atomic E-state index is -0.0467. The van der Waals surface area contributed by atoms with E-state index >= 15 is 0 Å². The number of hydrogen-bond donors (Lipinski definition) is 1. The molecule has 4 rings (SSSR count). The standard InChI is InChI=1S/C26H30N2O4S/c1-3-32-22-10-9-19(17-23(22)30-2)11-12-27-25(29)24-18-21(20-7-5-4-6-8-20)26(33-24)28-13-15-31-16-14-28/h4-10,17-18H,3,11-16H2,1-2H3,(H,27,29). The van der Waals surface area contributed by atoms with Crippen LogP contribution in [0, 0.1) is 0 Å². The van der Waals surface area contributed by atoms with E-state index in [-0.39, 0.29) is 5.91 Å². The minimum absolute atomic E-state index is 0.0467. The first kappa shape index (κ1) is 23.1. The Labute approximate surface area is 199 Å². The molecule has 1 aliphatic rings. The topological polar surface area (TPSA) is 60.0 Å². The number of benzene rings is 2. The summed E-state index contributed by atoms with van der Waals surface area (Å²) < 4.78 is 16.5. The molecule has 1 amide bonds. The maximum atomic E-state index is 13.0. The summed E-state index contributed by atoms with van der Waals surface area (Å²) in [5, 5.41) is 4.21. The zero-order valence-electron chi connectivity index (χ0n) is 19.1. The average molecular weight is 467 g/mol. The number of carbonyl (C=O) groups excluding carboxylic acids is 1. The molecule has 0 spiro atoms. The maximum Gasteiger partial charge on any atom is 0.261 e. The van der Waals surface area contributed by atoms with Crippen molar-refractivity contribution in [2.24, 2.45) is 0 Å². The van der Waals surface area contributed by atoms with E-state index in [4.69, 9.17) is 14.2 Å². The molecule has 174 valence electrons. The highest BCUT2D eigenvalue weighted by Gasteiger charge is 2.21. The summed E-state index contributed by atoms with van der Waals surface area (Å²) >= 11 is 1.55. The van der Waals surface area contributed by atoms with Gasteiger partial charge in [0.1, 0.15) is 0 Å². The van der Waals surface area contributed by atoms with Crippen molar-refractivity contribution in [3.63, 3.8) is 0 Å². The Morgan fingerprint density at radius 1 is 1.09 bits per heavy atom. The van der Waals surface area contributed by atoms with Crippen molar-refractivity contribution in [1.29, 1.82) is 0 Å². The molecule has 0 bridgehead atoms. The second-order valence-corrected chi connectivity index (χ2v) is 8.75. The molecule has 6 nitrogen and oxygen atoms in total. The van der Waals surface area contributed by atoms with E-state index in [1.54, 1.807) is 18.4 Å². The third-order valence-corrected chi connectivity index (χ3v) is 6.74. The molecule has 0 saturated carbocycles. The molecule has 2 heterocycles. The Morgan fingerprint density at radius 3 is 2.61 bits per heavy atom. The lowest BCUT2D eigenvalue weighted by Crippen LogP contribution is -2.35. The third-order valence-electron chi connectivity index (χ3n) is 5.55. The SMILES string of the molecule is CCOc1ccc(CCNC(=O)c2cc(-c3ccccc3)c(N3CCOCC3)s2)cc1OC. The number of nitrogens with zero attached hydrogens (tertiary/aromatic N) is 1. The summed E-state index contributed by atoms with van der Waals surface area (Å²) in [7, 11) is 1.64. The van der Waals surface area contributed by atoms with Gasteiger partial charge >= 0.3 is 0 Å². The molecule has 0 aliphatic carbocycles. The van der Waals surface area contributed by atoms with Gasteiger partial charge < -0.3 is 24.4 Å². The molecule has 1 N–H and O–H groups in total.